The largest absolute Gasteiger partial charge is 0.497 e. The maximum Gasteiger partial charge on any atom is 0.407 e. The molecule has 2 rings (SSSR count). The van der Waals surface area contributed by atoms with Crippen molar-refractivity contribution >= 4 is 12.0 Å². The van der Waals surface area contributed by atoms with Gasteiger partial charge in [-0.1, -0.05) is 12.1 Å². The molecule has 0 saturated heterocycles. The molecule has 0 unspecified atom stereocenters. The van der Waals surface area contributed by atoms with Crippen LogP contribution in [0.5, 0.6) is 5.75 Å². The van der Waals surface area contributed by atoms with Gasteiger partial charge in [-0.25, -0.2) is 4.79 Å². The van der Waals surface area contributed by atoms with Gasteiger partial charge in [0.05, 0.1) is 13.7 Å². The number of carbonyl (C=O) groups excluding carboxylic acids is 2. The second-order valence-electron chi connectivity index (χ2n) is 5.61. The van der Waals surface area contributed by atoms with Gasteiger partial charge in [0.1, 0.15) is 5.75 Å². The molecule has 0 bridgehead atoms. The van der Waals surface area contributed by atoms with E-state index >= 15 is 0 Å². The Hall–Kier alpha value is -2.24. The summed E-state index contributed by atoms with van der Waals surface area (Å²) in [6, 6.07) is 8.26. The van der Waals surface area contributed by atoms with Gasteiger partial charge in [0.25, 0.3) is 0 Å². The van der Waals surface area contributed by atoms with Crippen molar-refractivity contribution in [3.05, 3.63) is 29.8 Å². The zero-order valence-electron chi connectivity index (χ0n) is 13.6. The zero-order chi connectivity index (χ0) is 16.7. The van der Waals surface area contributed by atoms with Crippen molar-refractivity contribution in [1.29, 1.82) is 0 Å². The smallest absolute Gasteiger partial charge is 0.407 e. The fourth-order valence-electron chi connectivity index (χ4n) is 2.66. The Morgan fingerprint density at radius 1 is 1.30 bits per heavy atom. The van der Waals surface area contributed by atoms with E-state index < -0.39 is 6.09 Å². The SMILES string of the molecule is CCOC(=O)NCCC(=O)NC1CC(c2cccc(OC)c2)C1. The highest BCUT2D eigenvalue weighted by Gasteiger charge is 2.31. The molecule has 0 atom stereocenters. The van der Waals surface area contributed by atoms with Crippen molar-refractivity contribution in [3.8, 4) is 5.75 Å². The molecule has 1 aliphatic carbocycles. The van der Waals surface area contributed by atoms with Gasteiger partial charge >= 0.3 is 6.09 Å². The molecule has 6 heteroatoms. The Balaban J connectivity index is 1.65. The molecule has 1 aromatic carbocycles. The van der Waals surface area contributed by atoms with Crippen LogP contribution in [0.25, 0.3) is 0 Å². The topological polar surface area (TPSA) is 76.7 Å². The van der Waals surface area contributed by atoms with Crippen molar-refractivity contribution in [3.63, 3.8) is 0 Å². The van der Waals surface area contributed by atoms with Gasteiger partial charge in [0.15, 0.2) is 0 Å². The minimum Gasteiger partial charge on any atom is -0.497 e. The van der Waals surface area contributed by atoms with Crippen LogP contribution in [0.15, 0.2) is 24.3 Å². The first-order chi connectivity index (χ1) is 11.1. The minimum absolute atomic E-state index is 0.0455. The van der Waals surface area contributed by atoms with Crippen molar-refractivity contribution in [1.82, 2.24) is 10.6 Å². The molecule has 0 spiro atoms. The molecule has 0 radical (unpaired) electrons. The lowest BCUT2D eigenvalue weighted by molar-refractivity contribution is -0.122. The summed E-state index contributed by atoms with van der Waals surface area (Å²) < 4.78 is 9.96. The van der Waals surface area contributed by atoms with E-state index in [1.807, 2.05) is 18.2 Å². The van der Waals surface area contributed by atoms with Crippen LogP contribution in [0, 0.1) is 0 Å². The predicted molar refractivity (Wildman–Crippen MR) is 86.5 cm³/mol. The van der Waals surface area contributed by atoms with Crippen LogP contribution in [0.1, 0.15) is 37.7 Å². The Kier molecular flexibility index (Phi) is 6.26. The number of alkyl carbamates (subject to hydrolysis) is 1. The number of rotatable bonds is 7. The second kappa shape index (κ2) is 8.41. The first-order valence-corrected chi connectivity index (χ1v) is 7.96. The van der Waals surface area contributed by atoms with Gasteiger partial charge in [0.2, 0.25) is 5.91 Å². The molecule has 1 saturated carbocycles. The normalized spacial score (nSPS) is 19.4. The molecular formula is C17H24N2O4. The third kappa shape index (κ3) is 5.16. The molecule has 126 valence electrons. The first-order valence-electron chi connectivity index (χ1n) is 7.96. The zero-order valence-corrected chi connectivity index (χ0v) is 13.6. The lowest BCUT2D eigenvalue weighted by atomic mass is 9.76. The Bertz CT molecular complexity index is 541. The molecular weight excluding hydrogens is 296 g/mol. The highest BCUT2D eigenvalue weighted by atomic mass is 16.5. The van der Waals surface area contributed by atoms with Gasteiger partial charge in [-0.2, -0.15) is 0 Å². The molecule has 1 aromatic rings. The van der Waals surface area contributed by atoms with E-state index in [4.69, 9.17) is 9.47 Å². The van der Waals surface area contributed by atoms with Crippen LogP contribution in [0.4, 0.5) is 4.79 Å². The third-order valence-corrected chi connectivity index (χ3v) is 3.97. The fraction of sp³-hybridized carbons (Fsp3) is 0.529. The molecule has 0 aliphatic heterocycles. The third-order valence-electron chi connectivity index (χ3n) is 3.97. The number of hydrogen-bond acceptors (Lipinski definition) is 4. The number of amides is 2. The second-order valence-corrected chi connectivity index (χ2v) is 5.61. The van der Waals surface area contributed by atoms with E-state index in [-0.39, 0.29) is 24.9 Å². The van der Waals surface area contributed by atoms with E-state index in [2.05, 4.69) is 16.7 Å². The standard InChI is InChI=1S/C17H24N2O4/c1-3-23-17(21)18-8-7-16(20)19-14-9-13(10-14)12-5-4-6-15(11-12)22-2/h4-6,11,13-14H,3,7-10H2,1-2H3,(H,18,21)(H,19,20). The molecule has 1 aliphatic rings. The van der Waals surface area contributed by atoms with E-state index in [0.29, 0.717) is 12.5 Å². The lowest BCUT2D eigenvalue weighted by Gasteiger charge is -2.36. The molecule has 6 nitrogen and oxygen atoms in total. The molecule has 1 fully saturated rings. The number of hydrogen-bond donors (Lipinski definition) is 2. The lowest BCUT2D eigenvalue weighted by Crippen LogP contribution is -2.44. The molecule has 2 amide bonds. The molecule has 23 heavy (non-hydrogen) atoms. The maximum atomic E-state index is 11.8. The maximum absolute atomic E-state index is 11.8. The van der Waals surface area contributed by atoms with E-state index in [0.717, 1.165) is 18.6 Å². The van der Waals surface area contributed by atoms with Crippen LogP contribution < -0.4 is 15.4 Å². The van der Waals surface area contributed by atoms with Crippen LogP contribution >= 0.6 is 0 Å². The van der Waals surface area contributed by atoms with Crippen LogP contribution in [-0.2, 0) is 9.53 Å². The van der Waals surface area contributed by atoms with E-state index in [1.54, 1.807) is 14.0 Å². The Morgan fingerprint density at radius 2 is 2.09 bits per heavy atom. The summed E-state index contributed by atoms with van der Waals surface area (Å²) in [7, 11) is 1.66. The average Bonchev–Trinajstić information content (AvgIpc) is 2.50. The molecule has 0 aromatic heterocycles. The number of benzene rings is 1. The number of methoxy groups -OCH3 is 1. The molecule has 0 heterocycles. The fourth-order valence-corrected chi connectivity index (χ4v) is 2.66. The Labute approximate surface area is 136 Å². The van der Waals surface area contributed by atoms with Crippen molar-refractivity contribution in [2.45, 2.75) is 38.1 Å². The highest BCUT2D eigenvalue weighted by molar-refractivity contribution is 5.77. The van der Waals surface area contributed by atoms with Gasteiger partial charge in [0, 0.05) is 19.0 Å². The Morgan fingerprint density at radius 3 is 2.78 bits per heavy atom. The average molecular weight is 320 g/mol. The summed E-state index contributed by atoms with van der Waals surface area (Å²) in [5.41, 5.74) is 1.25. The van der Waals surface area contributed by atoms with E-state index in [9.17, 15) is 9.59 Å². The van der Waals surface area contributed by atoms with E-state index in [1.165, 1.54) is 5.56 Å². The van der Waals surface area contributed by atoms with Crippen LogP contribution in [-0.4, -0.2) is 38.3 Å². The summed E-state index contributed by atoms with van der Waals surface area (Å²) >= 11 is 0. The quantitative estimate of drug-likeness (QED) is 0.807. The van der Waals surface area contributed by atoms with Gasteiger partial charge in [-0.05, 0) is 43.4 Å². The number of ether oxygens (including phenoxy) is 2. The van der Waals surface area contributed by atoms with Crippen molar-refractivity contribution in [2.75, 3.05) is 20.3 Å². The van der Waals surface area contributed by atoms with Gasteiger partial charge in [-0.15, -0.1) is 0 Å². The van der Waals surface area contributed by atoms with Gasteiger partial charge < -0.3 is 20.1 Å². The summed E-state index contributed by atoms with van der Waals surface area (Å²) in [5.74, 6) is 1.28. The van der Waals surface area contributed by atoms with Crippen molar-refractivity contribution in [2.24, 2.45) is 0 Å². The monoisotopic (exact) mass is 320 g/mol. The molecule has 2 N–H and O–H groups in total. The van der Waals surface area contributed by atoms with Crippen LogP contribution in [0.2, 0.25) is 0 Å². The summed E-state index contributed by atoms with van der Waals surface area (Å²) in [6.07, 6.45) is 1.65. The van der Waals surface area contributed by atoms with Crippen molar-refractivity contribution < 1.29 is 19.1 Å². The van der Waals surface area contributed by atoms with Crippen LogP contribution in [0.3, 0.4) is 0 Å². The number of carbonyl (C=O) groups is 2. The number of nitrogens with one attached hydrogen (secondary N) is 2. The summed E-state index contributed by atoms with van der Waals surface area (Å²) in [6.45, 7) is 2.35. The highest BCUT2D eigenvalue weighted by Crippen LogP contribution is 2.37. The van der Waals surface area contributed by atoms with Gasteiger partial charge in [-0.3, -0.25) is 4.79 Å². The summed E-state index contributed by atoms with van der Waals surface area (Å²) in [4.78, 5) is 22.9. The first kappa shape index (κ1) is 17.1. The minimum atomic E-state index is -0.484. The summed E-state index contributed by atoms with van der Waals surface area (Å²) in [5, 5.41) is 5.52. The predicted octanol–water partition coefficient (Wildman–Crippen LogP) is 2.19.